The van der Waals surface area contributed by atoms with Gasteiger partial charge in [0.25, 0.3) is 5.89 Å². The van der Waals surface area contributed by atoms with Gasteiger partial charge in [-0.1, -0.05) is 35.5 Å². The molecule has 1 aromatic carbocycles. The lowest BCUT2D eigenvalue weighted by molar-refractivity contribution is -0.130. The van der Waals surface area contributed by atoms with Gasteiger partial charge < -0.3 is 9.42 Å². The van der Waals surface area contributed by atoms with Crippen molar-refractivity contribution in [1.29, 1.82) is 0 Å². The summed E-state index contributed by atoms with van der Waals surface area (Å²) in [4.78, 5) is 23.1. The molecule has 6 nitrogen and oxygen atoms in total. The van der Waals surface area contributed by atoms with Crippen molar-refractivity contribution in [3.63, 3.8) is 0 Å². The summed E-state index contributed by atoms with van der Waals surface area (Å²) in [5.41, 5.74) is 2.13. The Kier molecular flexibility index (Phi) is 6.29. The molecule has 6 heteroatoms. The van der Waals surface area contributed by atoms with Crippen LogP contribution in [0.1, 0.15) is 37.1 Å². The van der Waals surface area contributed by atoms with Crippen LogP contribution in [0.3, 0.4) is 0 Å². The Labute approximate surface area is 171 Å². The van der Waals surface area contributed by atoms with E-state index in [1.807, 2.05) is 35.2 Å². The molecular formula is C23H26N4O2. The number of carbonyl (C=O) groups excluding carboxylic acids is 1. The number of nitrogens with zero attached hydrogens (tertiary/aromatic N) is 4. The van der Waals surface area contributed by atoms with Crippen molar-refractivity contribution in [2.75, 3.05) is 13.1 Å². The van der Waals surface area contributed by atoms with E-state index in [1.54, 1.807) is 12.4 Å². The third-order valence-electron chi connectivity index (χ3n) is 5.49. The van der Waals surface area contributed by atoms with Crippen LogP contribution in [0.2, 0.25) is 0 Å². The molecule has 0 aliphatic carbocycles. The minimum absolute atomic E-state index is 0.279. The van der Waals surface area contributed by atoms with Gasteiger partial charge in [-0.3, -0.25) is 9.78 Å². The Morgan fingerprint density at radius 1 is 1.14 bits per heavy atom. The highest BCUT2D eigenvalue weighted by atomic mass is 16.5. The SMILES string of the molecule is O=C(CCCc1ccccc1)N1CCC(CCc2noc(-c3cccnc3)n2)C1. The zero-order valence-corrected chi connectivity index (χ0v) is 16.5. The first kappa shape index (κ1) is 19.3. The topological polar surface area (TPSA) is 72.1 Å². The fourth-order valence-corrected chi connectivity index (χ4v) is 3.84. The minimum Gasteiger partial charge on any atom is -0.342 e. The van der Waals surface area contributed by atoms with Crippen LogP contribution >= 0.6 is 0 Å². The number of hydrogen-bond acceptors (Lipinski definition) is 5. The van der Waals surface area contributed by atoms with Crippen LogP contribution in [0.25, 0.3) is 11.5 Å². The van der Waals surface area contributed by atoms with E-state index in [9.17, 15) is 4.79 Å². The monoisotopic (exact) mass is 390 g/mol. The van der Waals surface area contributed by atoms with Crippen LogP contribution < -0.4 is 0 Å². The molecule has 0 N–H and O–H groups in total. The predicted molar refractivity (Wildman–Crippen MR) is 110 cm³/mol. The van der Waals surface area contributed by atoms with Gasteiger partial charge in [0, 0.05) is 38.3 Å². The maximum Gasteiger partial charge on any atom is 0.259 e. The number of likely N-dealkylation sites (tertiary alicyclic amines) is 1. The molecule has 0 bridgehead atoms. The predicted octanol–water partition coefficient (Wildman–Crippen LogP) is 3.94. The minimum atomic E-state index is 0.279. The van der Waals surface area contributed by atoms with Gasteiger partial charge in [0.15, 0.2) is 5.82 Å². The Bertz CT molecular complexity index is 911. The average Bonchev–Trinajstić information content (AvgIpc) is 3.43. The summed E-state index contributed by atoms with van der Waals surface area (Å²) in [5.74, 6) is 2.02. The summed E-state index contributed by atoms with van der Waals surface area (Å²) in [5, 5.41) is 4.08. The van der Waals surface area contributed by atoms with E-state index in [1.165, 1.54) is 5.56 Å². The maximum absolute atomic E-state index is 12.5. The van der Waals surface area contributed by atoms with Crippen molar-refractivity contribution in [2.45, 2.75) is 38.5 Å². The molecule has 1 unspecified atom stereocenters. The lowest BCUT2D eigenvalue weighted by Crippen LogP contribution is -2.28. The lowest BCUT2D eigenvalue weighted by Gasteiger charge is -2.16. The molecule has 150 valence electrons. The van der Waals surface area contributed by atoms with Gasteiger partial charge in [0.05, 0.1) is 5.56 Å². The second-order valence-corrected chi connectivity index (χ2v) is 7.63. The van der Waals surface area contributed by atoms with E-state index >= 15 is 0 Å². The Morgan fingerprint density at radius 2 is 2.03 bits per heavy atom. The number of carbonyl (C=O) groups is 1. The van der Waals surface area contributed by atoms with Crippen LogP contribution in [0, 0.1) is 5.92 Å². The van der Waals surface area contributed by atoms with E-state index in [2.05, 4.69) is 27.3 Å². The molecule has 4 rings (SSSR count). The third-order valence-corrected chi connectivity index (χ3v) is 5.49. The van der Waals surface area contributed by atoms with Gasteiger partial charge in [0.1, 0.15) is 0 Å². The largest absolute Gasteiger partial charge is 0.342 e. The summed E-state index contributed by atoms with van der Waals surface area (Å²) < 4.78 is 5.34. The molecule has 1 saturated heterocycles. The van der Waals surface area contributed by atoms with Crippen LogP contribution in [-0.2, 0) is 17.6 Å². The van der Waals surface area contributed by atoms with Gasteiger partial charge in [-0.2, -0.15) is 4.98 Å². The number of hydrogen-bond donors (Lipinski definition) is 0. The highest BCUT2D eigenvalue weighted by Gasteiger charge is 2.26. The van der Waals surface area contributed by atoms with Crippen molar-refractivity contribution >= 4 is 5.91 Å². The van der Waals surface area contributed by atoms with Gasteiger partial charge in [0.2, 0.25) is 5.91 Å². The summed E-state index contributed by atoms with van der Waals surface area (Å²) in [6, 6.07) is 14.1. The molecule has 0 radical (unpaired) electrons. The number of benzene rings is 1. The van der Waals surface area contributed by atoms with Gasteiger partial charge in [-0.05, 0) is 49.3 Å². The van der Waals surface area contributed by atoms with E-state index in [4.69, 9.17) is 4.52 Å². The number of rotatable bonds is 8. The average molecular weight is 390 g/mol. The van der Waals surface area contributed by atoms with E-state index in [0.29, 0.717) is 18.2 Å². The first-order chi connectivity index (χ1) is 14.3. The standard InChI is InChI=1S/C23H26N4O2/c28-22(10-4-8-18-6-2-1-3-7-18)27-15-13-19(17-27)11-12-21-25-23(29-26-21)20-9-5-14-24-16-20/h1-3,5-7,9,14,16,19H,4,8,10-13,15,17H2. The molecule has 1 fully saturated rings. The molecule has 1 amide bonds. The molecule has 3 heterocycles. The van der Waals surface area contributed by atoms with Crippen molar-refractivity contribution in [2.24, 2.45) is 5.92 Å². The first-order valence-corrected chi connectivity index (χ1v) is 10.3. The maximum atomic E-state index is 12.5. The number of amides is 1. The van der Waals surface area contributed by atoms with Crippen LogP contribution in [0.4, 0.5) is 0 Å². The van der Waals surface area contributed by atoms with Crippen molar-refractivity contribution in [3.05, 3.63) is 66.2 Å². The molecule has 0 spiro atoms. The Morgan fingerprint density at radius 3 is 2.86 bits per heavy atom. The lowest BCUT2D eigenvalue weighted by atomic mass is 10.0. The number of aromatic nitrogens is 3. The second-order valence-electron chi connectivity index (χ2n) is 7.63. The molecule has 0 saturated carbocycles. The smallest absolute Gasteiger partial charge is 0.259 e. The quantitative estimate of drug-likeness (QED) is 0.583. The van der Waals surface area contributed by atoms with Crippen LogP contribution in [0.15, 0.2) is 59.4 Å². The number of aryl methyl sites for hydroxylation is 2. The summed E-state index contributed by atoms with van der Waals surface area (Å²) >= 11 is 0. The molecule has 2 aromatic heterocycles. The highest BCUT2D eigenvalue weighted by molar-refractivity contribution is 5.76. The van der Waals surface area contributed by atoms with E-state index in [0.717, 1.165) is 56.6 Å². The van der Waals surface area contributed by atoms with Crippen molar-refractivity contribution < 1.29 is 9.32 Å². The third kappa shape index (κ3) is 5.28. The summed E-state index contributed by atoms with van der Waals surface area (Å²) in [7, 11) is 0. The number of pyridine rings is 1. The Hall–Kier alpha value is -3.02. The molecule has 1 aliphatic rings. The summed E-state index contributed by atoms with van der Waals surface area (Å²) in [6.45, 7) is 1.71. The molecule has 29 heavy (non-hydrogen) atoms. The first-order valence-electron chi connectivity index (χ1n) is 10.3. The molecular weight excluding hydrogens is 364 g/mol. The molecule has 1 aliphatic heterocycles. The normalized spacial score (nSPS) is 16.3. The second kappa shape index (κ2) is 9.45. The fraction of sp³-hybridized carbons (Fsp3) is 0.391. The molecule has 3 aromatic rings. The van der Waals surface area contributed by atoms with E-state index in [-0.39, 0.29) is 5.91 Å². The Balaban J connectivity index is 1.19. The van der Waals surface area contributed by atoms with Gasteiger partial charge >= 0.3 is 0 Å². The zero-order chi connectivity index (χ0) is 19.9. The van der Waals surface area contributed by atoms with Crippen molar-refractivity contribution in [1.82, 2.24) is 20.0 Å². The molecule has 1 atom stereocenters. The summed E-state index contributed by atoms with van der Waals surface area (Å²) in [6.07, 6.45) is 8.72. The van der Waals surface area contributed by atoms with Gasteiger partial charge in [-0.15, -0.1) is 0 Å². The fourth-order valence-electron chi connectivity index (χ4n) is 3.84. The van der Waals surface area contributed by atoms with Crippen LogP contribution in [-0.4, -0.2) is 39.0 Å². The highest BCUT2D eigenvalue weighted by Crippen LogP contribution is 2.23. The van der Waals surface area contributed by atoms with E-state index < -0.39 is 0 Å². The van der Waals surface area contributed by atoms with Gasteiger partial charge in [-0.25, -0.2) is 0 Å². The van der Waals surface area contributed by atoms with Crippen molar-refractivity contribution in [3.8, 4) is 11.5 Å². The van der Waals surface area contributed by atoms with Crippen LogP contribution in [0.5, 0.6) is 0 Å². The zero-order valence-electron chi connectivity index (χ0n) is 16.5.